The molecule has 1 aliphatic rings. The number of urea groups is 1. The molecule has 118 valence electrons. The van der Waals surface area contributed by atoms with E-state index in [2.05, 4.69) is 15.3 Å². The van der Waals surface area contributed by atoms with E-state index in [9.17, 15) is 9.90 Å². The number of hydrogen-bond acceptors (Lipinski definition) is 3. The highest BCUT2D eigenvalue weighted by Gasteiger charge is 2.31. The van der Waals surface area contributed by atoms with Crippen LogP contribution < -0.4 is 5.32 Å². The van der Waals surface area contributed by atoms with Crippen LogP contribution in [0.2, 0.25) is 0 Å². The summed E-state index contributed by atoms with van der Waals surface area (Å²) in [6.45, 7) is 2.25. The van der Waals surface area contributed by atoms with E-state index in [1.165, 1.54) is 4.90 Å². The molecule has 0 bridgehead atoms. The summed E-state index contributed by atoms with van der Waals surface area (Å²) in [7, 11) is 1.70. The van der Waals surface area contributed by atoms with E-state index in [4.69, 9.17) is 0 Å². The van der Waals surface area contributed by atoms with Gasteiger partial charge >= 0.3 is 6.03 Å². The maximum Gasteiger partial charge on any atom is 0.317 e. The highest BCUT2D eigenvalue weighted by molar-refractivity contribution is 5.76. The molecule has 3 rings (SSSR count). The number of carbonyl (C=O) groups is 1. The zero-order valence-corrected chi connectivity index (χ0v) is 12.9. The van der Waals surface area contributed by atoms with Crippen LogP contribution in [0.5, 0.6) is 0 Å². The molecule has 22 heavy (non-hydrogen) atoms. The average molecular weight is 302 g/mol. The number of H-pyrrole nitrogens is 1. The largest absolute Gasteiger partial charge is 0.391 e. The van der Waals surface area contributed by atoms with Crippen molar-refractivity contribution in [1.82, 2.24) is 20.2 Å². The zero-order chi connectivity index (χ0) is 15.7. The van der Waals surface area contributed by atoms with E-state index < -0.39 is 6.10 Å². The van der Waals surface area contributed by atoms with E-state index >= 15 is 0 Å². The second kappa shape index (κ2) is 5.96. The Morgan fingerprint density at radius 3 is 2.91 bits per heavy atom. The number of nitrogens with one attached hydrogen (secondary N) is 2. The van der Waals surface area contributed by atoms with Gasteiger partial charge in [0.2, 0.25) is 0 Å². The molecule has 6 heteroatoms. The second-order valence-corrected chi connectivity index (χ2v) is 6.10. The molecule has 0 aliphatic heterocycles. The van der Waals surface area contributed by atoms with Crippen LogP contribution in [0.25, 0.3) is 11.0 Å². The molecule has 2 unspecified atom stereocenters. The Hall–Kier alpha value is -2.08. The van der Waals surface area contributed by atoms with E-state index in [-0.39, 0.29) is 12.1 Å². The monoisotopic (exact) mass is 302 g/mol. The summed E-state index contributed by atoms with van der Waals surface area (Å²) in [5.41, 5.74) is 1.84. The number of aliphatic hydroxyl groups excluding tert-OH is 1. The molecule has 1 fully saturated rings. The van der Waals surface area contributed by atoms with Crippen molar-refractivity contribution in [3.63, 3.8) is 0 Å². The lowest BCUT2D eigenvalue weighted by molar-refractivity contribution is 0.112. The van der Waals surface area contributed by atoms with Gasteiger partial charge in [0.05, 0.1) is 23.2 Å². The highest BCUT2D eigenvalue weighted by atomic mass is 16.3. The first-order valence-corrected chi connectivity index (χ1v) is 7.69. The molecule has 0 radical (unpaired) electrons. The van der Waals surface area contributed by atoms with Crippen LogP contribution >= 0.6 is 0 Å². The quantitative estimate of drug-likeness (QED) is 0.790. The zero-order valence-electron chi connectivity index (χ0n) is 12.9. The molecule has 2 amide bonds. The first-order valence-electron chi connectivity index (χ1n) is 7.69. The van der Waals surface area contributed by atoms with Gasteiger partial charge in [-0.3, -0.25) is 0 Å². The van der Waals surface area contributed by atoms with E-state index in [0.29, 0.717) is 12.5 Å². The Kier molecular flexibility index (Phi) is 4.02. The maximum atomic E-state index is 12.2. The van der Waals surface area contributed by atoms with Gasteiger partial charge in [-0.2, -0.15) is 0 Å². The molecule has 1 aliphatic carbocycles. The van der Waals surface area contributed by atoms with Crippen molar-refractivity contribution < 1.29 is 9.90 Å². The number of nitrogens with zero attached hydrogens (tertiary/aromatic N) is 2. The number of benzene rings is 1. The first kappa shape index (κ1) is 14.8. The minimum atomic E-state index is -0.419. The van der Waals surface area contributed by atoms with E-state index in [0.717, 1.165) is 29.7 Å². The number of imidazole rings is 1. The number of amides is 2. The third kappa shape index (κ3) is 3.22. The van der Waals surface area contributed by atoms with Gasteiger partial charge in [0.1, 0.15) is 5.82 Å². The number of para-hydroxylation sites is 2. The third-order valence-electron chi connectivity index (χ3n) is 4.13. The second-order valence-electron chi connectivity index (χ2n) is 6.10. The van der Waals surface area contributed by atoms with Crippen molar-refractivity contribution >= 4 is 17.1 Å². The normalized spacial score (nSPS) is 17.2. The average Bonchev–Trinajstić information content (AvgIpc) is 3.25. The van der Waals surface area contributed by atoms with Gasteiger partial charge in [0.15, 0.2) is 0 Å². The lowest BCUT2D eigenvalue weighted by Gasteiger charge is -2.23. The molecular weight excluding hydrogens is 280 g/mol. The van der Waals surface area contributed by atoms with E-state index in [1.54, 1.807) is 7.05 Å². The predicted octanol–water partition coefficient (Wildman–Crippen LogP) is 2.04. The summed E-state index contributed by atoms with van der Waals surface area (Å²) in [5, 5.41) is 12.8. The summed E-state index contributed by atoms with van der Waals surface area (Å²) in [6, 6.07) is 7.35. The molecule has 2 atom stereocenters. The van der Waals surface area contributed by atoms with Crippen molar-refractivity contribution in [2.45, 2.75) is 31.9 Å². The molecule has 1 heterocycles. The van der Waals surface area contributed by atoms with Gasteiger partial charge in [0, 0.05) is 13.6 Å². The van der Waals surface area contributed by atoms with Crippen LogP contribution in [0.3, 0.4) is 0 Å². The number of hydrogen-bond donors (Lipinski definition) is 3. The lowest BCUT2D eigenvalue weighted by atomic mass is 10.2. The fourth-order valence-electron chi connectivity index (χ4n) is 2.53. The molecule has 0 saturated heterocycles. The molecule has 1 saturated carbocycles. The van der Waals surface area contributed by atoms with Gasteiger partial charge in [-0.05, 0) is 37.8 Å². The van der Waals surface area contributed by atoms with Crippen LogP contribution in [-0.2, 0) is 0 Å². The summed E-state index contributed by atoms with van der Waals surface area (Å²) in [6.07, 6.45) is 1.70. The number of fused-ring (bicyclic) bond motifs is 1. The van der Waals surface area contributed by atoms with Crippen LogP contribution in [0.15, 0.2) is 24.3 Å². The molecule has 3 N–H and O–H groups in total. The number of aliphatic hydroxyl groups is 1. The Morgan fingerprint density at radius 2 is 2.23 bits per heavy atom. The molecule has 2 aromatic rings. The van der Waals surface area contributed by atoms with Crippen LogP contribution in [0, 0.1) is 5.92 Å². The van der Waals surface area contributed by atoms with E-state index in [1.807, 2.05) is 31.2 Å². The lowest BCUT2D eigenvalue weighted by Crippen LogP contribution is -2.42. The van der Waals surface area contributed by atoms with Crippen molar-refractivity contribution in [2.24, 2.45) is 5.92 Å². The molecule has 6 nitrogen and oxygen atoms in total. The number of aromatic nitrogens is 2. The smallest absolute Gasteiger partial charge is 0.317 e. The number of rotatable bonds is 5. The Morgan fingerprint density at radius 1 is 1.50 bits per heavy atom. The summed E-state index contributed by atoms with van der Waals surface area (Å²) >= 11 is 0. The fraction of sp³-hybridized carbons (Fsp3) is 0.500. The first-order chi connectivity index (χ1) is 10.5. The fourth-order valence-corrected chi connectivity index (χ4v) is 2.53. The van der Waals surface area contributed by atoms with Crippen molar-refractivity contribution in [2.75, 3.05) is 13.6 Å². The SMILES string of the molecule is CC(NC(=O)N(C)CC(O)C1CC1)c1nc2ccccc2[nH]1. The Labute approximate surface area is 129 Å². The van der Waals surface area contributed by atoms with Crippen LogP contribution in [-0.4, -0.2) is 45.7 Å². The molecular formula is C16H22N4O2. The van der Waals surface area contributed by atoms with Crippen LogP contribution in [0.4, 0.5) is 4.79 Å². The van der Waals surface area contributed by atoms with Crippen molar-refractivity contribution in [3.05, 3.63) is 30.1 Å². The highest BCUT2D eigenvalue weighted by Crippen LogP contribution is 2.32. The van der Waals surface area contributed by atoms with Crippen molar-refractivity contribution in [1.29, 1.82) is 0 Å². The Bertz CT molecular complexity index is 632. The summed E-state index contributed by atoms with van der Waals surface area (Å²) in [5.74, 6) is 1.09. The number of carbonyl (C=O) groups excluding carboxylic acids is 1. The standard InChI is InChI=1S/C16H22N4O2/c1-10(15-18-12-5-3-4-6-13(12)19-15)17-16(22)20(2)9-14(21)11-7-8-11/h3-6,10-11,14,21H,7-9H2,1-2H3,(H,17,22)(H,18,19). The number of aromatic amines is 1. The minimum absolute atomic E-state index is 0.201. The summed E-state index contributed by atoms with van der Waals surface area (Å²) < 4.78 is 0. The number of likely N-dealkylation sites (N-methyl/N-ethyl adjacent to an activating group) is 1. The van der Waals surface area contributed by atoms with Crippen molar-refractivity contribution in [3.8, 4) is 0 Å². The predicted molar refractivity (Wildman–Crippen MR) is 84.4 cm³/mol. The molecule has 0 spiro atoms. The maximum absolute atomic E-state index is 12.2. The molecule has 1 aromatic carbocycles. The topological polar surface area (TPSA) is 81.2 Å². The van der Waals surface area contributed by atoms with Crippen LogP contribution in [0.1, 0.15) is 31.6 Å². The Balaban J connectivity index is 1.59. The summed E-state index contributed by atoms with van der Waals surface area (Å²) in [4.78, 5) is 21.4. The van der Waals surface area contributed by atoms with Gasteiger partial charge < -0.3 is 20.3 Å². The van der Waals surface area contributed by atoms with Gasteiger partial charge in [0.25, 0.3) is 0 Å². The molecule has 1 aromatic heterocycles. The van der Waals surface area contributed by atoms with Gasteiger partial charge in [-0.1, -0.05) is 12.1 Å². The van der Waals surface area contributed by atoms with Gasteiger partial charge in [-0.25, -0.2) is 9.78 Å². The minimum Gasteiger partial charge on any atom is -0.391 e. The third-order valence-corrected chi connectivity index (χ3v) is 4.13. The van der Waals surface area contributed by atoms with Gasteiger partial charge in [-0.15, -0.1) is 0 Å².